The molecule has 5 rings (SSSR count). The third-order valence-corrected chi connectivity index (χ3v) is 5.58. The Kier molecular flexibility index (Phi) is 5.58. The minimum absolute atomic E-state index is 0.0714. The van der Waals surface area contributed by atoms with Gasteiger partial charge in [0.2, 0.25) is 5.91 Å². The van der Waals surface area contributed by atoms with Gasteiger partial charge >= 0.3 is 0 Å². The number of nitrogens with one attached hydrogen (secondary N) is 1. The summed E-state index contributed by atoms with van der Waals surface area (Å²) < 4.78 is 1.85. The molecule has 0 fully saturated rings. The van der Waals surface area contributed by atoms with Crippen molar-refractivity contribution in [3.05, 3.63) is 119 Å². The second-order valence-electron chi connectivity index (χ2n) is 7.83. The zero-order valence-corrected chi connectivity index (χ0v) is 18.1. The Morgan fingerprint density at radius 3 is 2.29 bits per heavy atom. The van der Waals surface area contributed by atoms with Crippen LogP contribution in [0, 0.1) is 10.1 Å². The third kappa shape index (κ3) is 4.27. The quantitative estimate of drug-likeness (QED) is 0.264. The van der Waals surface area contributed by atoms with Gasteiger partial charge in [-0.25, -0.2) is 4.98 Å². The summed E-state index contributed by atoms with van der Waals surface area (Å²) in [6.45, 7) is 0. The number of nitro benzene ring substituents is 1. The van der Waals surface area contributed by atoms with Crippen LogP contribution in [0.3, 0.4) is 0 Å². The van der Waals surface area contributed by atoms with Crippen molar-refractivity contribution in [2.45, 2.75) is 6.42 Å². The van der Waals surface area contributed by atoms with Crippen molar-refractivity contribution < 1.29 is 9.72 Å². The maximum Gasteiger partial charge on any atom is 0.273 e. The normalized spacial score (nSPS) is 10.8. The second kappa shape index (κ2) is 8.99. The molecule has 0 radical (unpaired) electrons. The van der Waals surface area contributed by atoms with Gasteiger partial charge in [0.15, 0.2) is 5.65 Å². The van der Waals surface area contributed by atoms with Crippen LogP contribution >= 0.6 is 0 Å². The number of pyridine rings is 1. The second-order valence-corrected chi connectivity index (χ2v) is 7.83. The molecule has 2 aromatic heterocycles. The average Bonchev–Trinajstić information content (AvgIpc) is 3.30. The number of anilines is 1. The SMILES string of the molecule is O=C(Cc1ccccc1[N+](=O)[O-])Nc1cccn2cc(-c3ccc(-c4ccccc4)cc3)nc12. The molecular formula is C27H20N4O3. The predicted molar refractivity (Wildman–Crippen MR) is 131 cm³/mol. The molecule has 1 amide bonds. The fourth-order valence-corrected chi connectivity index (χ4v) is 3.92. The van der Waals surface area contributed by atoms with Gasteiger partial charge in [-0.05, 0) is 23.3 Å². The van der Waals surface area contributed by atoms with E-state index >= 15 is 0 Å². The van der Waals surface area contributed by atoms with E-state index in [4.69, 9.17) is 4.98 Å². The molecule has 0 unspecified atom stereocenters. The fourth-order valence-electron chi connectivity index (χ4n) is 3.92. The van der Waals surface area contributed by atoms with Crippen molar-refractivity contribution in [2.75, 3.05) is 5.32 Å². The molecule has 0 bridgehead atoms. The Balaban J connectivity index is 1.39. The highest BCUT2D eigenvalue weighted by Crippen LogP contribution is 2.27. The molecule has 0 saturated carbocycles. The van der Waals surface area contributed by atoms with Gasteiger partial charge in [-0.1, -0.05) is 72.8 Å². The fraction of sp³-hybridized carbons (Fsp3) is 0.0370. The Bertz CT molecular complexity index is 1490. The Morgan fingerprint density at radius 1 is 0.853 bits per heavy atom. The van der Waals surface area contributed by atoms with E-state index in [0.29, 0.717) is 16.9 Å². The minimum Gasteiger partial charge on any atom is -0.323 e. The van der Waals surface area contributed by atoms with Crippen LogP contribution in [-0.2, 0) is 11.2 Å². The molecule has 0 atom stereocenters. The van der Waals surface area contributed by atoms with Crippen molar-refractivity contribution >= 4 is 22.9 Å². The predicted octanol–water partition coefficient (Wildman–Crippen LogP) is 5.76. The molecule has 0 aliphatic rings. The first kappa shape index (κ1) is 21.1. The van der Waals surface area contributed by atoms with E-state index in [2.05, 4.69) is 29.6 Å². The number of hydrogen-bond acceptors (Lipinski definition) is 4. The van der Waals surface area contributed by atoms with E-state index in [0.717, 1.165) is 22.4 Å². The van der Waals surface area contributed by atoms with Gasteiger partial charge < -0.3 is 9.72 Å². The summed E-state index contributed by atoms with van der Waals surface area (Å²) in [7, 11) is 0. The van der Waals surface area contributed by atoms with E-state index in [9.17, 15) is 14.9 Å². The number of fused-ring (bicyclic) bond motifs is 1. The number of imidazole rings is 1. The Hall–Kier alpha value is -4.78. The van der Waals surface area contributed by atoms with Crippen molar-refractivity contribution in [1.82, 2.24) is 9.38 Å². The number of nitrogens with zero attached hydrogens (tertiary/aromatic N) is 3. The van der Waals surface area contributed by atoms with Crippen LogP contribution < -0.4 is 5.32 Å². The van der Waals surface area contributed by atoms with E-state index < -0.39 is 4.92 Å². The minimum atomic E-state index is -0.479. The number of aromatic nitrogens is 2. The summed E-state index contributed by atoms with van der Waals surface area (Å²) in [4.78, 5) is 28.2. The summed E-state index contributed by atoms with van der Waals surface area (Å²) in [5, 5.41) is 14.1. The smallest absolute Gasteiger partial charge is 0.273 e. The van der Waals surface area contributed by atoms with E-state index in [1.54, 1.807) is 24.3 Å². The number of carbonyl (C=O) groups excluding carboxylic acids is 1. The van der Waals surface area contributed by atoms with Crippen LogP contribution in [0.25, 0.3) is 28.0 Å². The molecule has 7 nitrogen and oxygen atoms in total. The number of para-hydroxylation sites is 1. The van der Waals surface area contributed by atoms with Gasteiger partial charge in [-0.2, -0.15) is 0 Å². The number of carbonyl (C=O) groups is 1. The zero-order chi connectivity index (χ0) is 23.5. The Morgan fingerprint density at radius 2 is 1.53 bits per heavy atom. The summed E-state index contributed by atoms with van der Waals surface area (Å²) in [5.41, 5.74) is 5.43. The largest absolute Gasteiger partial charge is 0.323 e. The molecule has 3 aromatic carbocycles. The third-order valence-electron chi connectivity index (χ3n) is 5.58. The standard InChI is InChI=1S/C27H20N4O3/c32-26(17-22-9-4-5-11-25(22)31(33)34)28-23-10-6-16-30-18-24(29-27(23)30)21-14-12-20(13-15-21)19-7-2-1-3-8-19/h1-16,18H,17H2,(H,28,32). The maximum absolute atomic E-state index is 12.7. The molecule has 0 spiro atoms. The Labute approximate surface area is 195 Å². The van der Waals surface area contributed by atoms with Gasteiger partial charge in [-0.3, -0.25) is 14.9 Å². The lowest BCUT2D eigenvalue weighted by Gasteiger charge is -2.07. The highest BCUT2D eigenvalue weighted by Gasteiger charge is 2.17. The lowest BCUT2D eigenvalue weighted by molar-refractivity contribution is -0.385. The number of nitro groups is 1. The molecule has 34 heavy (non-hydrogen) atoms. The maximum atomic E-state index is 12.7. The highest BCUT2D eigenvalue weighted by molar-refractivity contribution is 5.96. The van der Waals surface area contributed by atoms with Gasteiger partial charge in [-0.15, -0.1) is 0 Å². The van der Waals surface area contributed by atoms with Crippen molar-refractivity contribution in [3.8, 4) is 22.4 Å². The molecule has 1 N–H and O–H groups in total. The molecule has 0 aliphatic heterocycles. The topological polar surface area (TPSA) is 89.5 Å². The lowest BCUT2D eigenvalue weighted by Crippen LogP contribution is -2.16. The highest BCUT2D eigenvalue weighted by atomic mass is 16.6. The lowest BCUT2D eigenvalue weighted by atomic mass is 10.0. The summed E-state index contributed by atoms with van der Waals surface area (Å²) in [6.07, 6.45) is 3.67. The van der Waals surface area contributed by atoms with Crippen LogP contribution in [0.4, 0.5) is 11.4 Å². The van der Waals surface area contributed by atoms with Crippen molar-refractivity contribution in [2.24, 2.45) is 0 Å². The summed E-state index contributed by atoms with van der Waals surface area (Å²) in [6, 6.07) is 28.1. The average molecular weight is 448 g/mol. The molecular weight excluding hydrogens is 428 g/mol. The number of amides is 1. The van der Waals surface area contributed by atoms with Gasteiger partial charge in [0.05, 0.1) is 22.7 Å². The van der Waals surface area contributed by atoms with Crippen molar-refractivity contribution in [3.63, 3.8) is 0 Å². The van der Waals surface area contributed by atoms with Crippen LogP contribution in [0.15, 0.2) is 103 Å². The van der Waals surface area contributed by atoms with Crippen LogP contribution in [-0.4, -0.2) is 20.2 Å². The summed E-state index contributed by atoms with van der Waals surface area (Å²) >= 11 is 0. The van der Waals surface area contributed by atoms with Gasteiger partial charge in [0, 0.05) is 29.6 Å². The van der Waals surface area contributed by atoms with Crippen molar-refractivity contribution in [1.29, 1.82) is 0 Å². The summed E-state index contributed by atoms with van der Waals surface area (Å²) in [5.74, 6) is -0.348. The monoisotopic (exact) mass is 448 g/mol. The number of benzene rings is 3. The molecule has 7 heteroatoms. The molecule has 5 aromatic rings. The molecule has 166 valence electrons. The van der Waals surface area contributed by atoms with Gasteiger partial charge in [0.25, 0.3) is 5.69 Å². The van der Waals surface area contributed by atoms with Gasteiger partial charge in [0.1, 0.15) is 0 Å². The number of hydrogen-bond donors (Lipinski definition) is 1. The van der Waals surface area contributed by atoms with E-state index in [1.807, 2.05) is 53.2 Å². The zero-order valence-electron chi connectivity index (χ0n) is 18.1. The first-order valence-electron chi connectivity index (χ1n) is 10.7. The van der Waals surface area contributed by atoms with E-state index in [-0.39, 0.29) is 18.0 Å². The number of rotatable bonds is 6. The molecule has 0 saturated heterocycles. The first-order chi connectivity index (χ1) is 16.6. The van der Waals surface area contributed by atoms with E-state index in [1.165, 1.54) is 6.07 Å². The van der Waals surface area contributed by atoms with Crippen LogP contribution in [0.5, 0.6) is 0 Å². The van der Waals surface area contributed by atoms with Crippen LogP contribution in [0.2, 0.25) is 0 Å². The van der Waals surface area contributed by atoms with Crippen LogP contribution in [0.1, 0.15) is 5.56 Å². The molecule has 2 heterocycles. The molecule has 0 aliphatic carbocycles. The first-order valence-corrected chi connectivity index (χ1v) is 10.7.